The molecule has 1 heterocycles. The highest BCUT2D eigenvalue weighted by molar-refractivity contribution is 9.11. The van der Waals surface area contributed by atoms with E-state index in [-0.39, 0.29) is 0 Å². The lowest BCUT2D eigenvalue weighted by Gasteiger charge is -2.16. The van der Waals surface area contributed by atoms with Crippen LogP contribution in [-0.2, 0) is 6.54 Å². The van der Waals surface area contributed by atoms with Gasteiger partial charge in [0.25, 0.3) is 0 Å². The largest absolute Gasteiger partial charge is 0.305 e. The van der Waals surface area contributed by atoms with E-state index in [1.54, 1.807) is 0 Å². The van der Waals surface area contributed by atoms with Gasteiger partial charge in [0.15, 0.2) is 0 Å². The van der Waals surface area contributed by atoms with Crippen LogP contribution in [0, 0.1) is 6.92 Å². The van der Waals surface area contributed by atoms with Crippen LogP contribution in [0.4, 0.5) is 0 Å². The van der Waals surface area contributed by atoms with Gasteiger partial charge in [0.2, 0.25) is 0 Å². The Balaban J connectivity index is 1.88. The lowest BCUT2D eigenvalue weighted by atomic mass is 10.1. The Kier molecular flexibility index (Phi) is 3.91. The Labute approximate surface area is 105 Å². The molecule has 0 amide bonds. The third-order valence-electron chi connectivity index (χ3n) is 2.55. The Morgan fingerprint density at radius 1 is 1.50 bits per heavy atom. The van der Waals surface area contributed by atoms with Crippen molar-refractivity contribution in [3.8, 4) is 0 Å². The molecular weight excluding hydrogens is 264 g/mol. The molecule has 0 aliphatic carbocycles. The zero-order valence-corrected chi connectivity index (χ0v) is 10.9. The smallest absolute Gasteiger partial charge is 0.0473 e. The highest BCUT2D eigenvalue weighted by Gasteiger charge is 2.09. The van der Waals surface area contributed by atoms with Crippen LogP contribution >= 0.6 is 15.9 Å². The molecule has 3 heteroatoms. The maximum atomic E-state index is 4.17. The van der Waals surface area contributed by atoms with Crippen LogP contribution in [0.15, 0.2) is 39.9 Å². The van der Waals surface area contributed by atoms with Gasteiger partial charge in [-0.3, -0.25) is 4.99 Å². The van der Waals surface area contributed by atoms with Gasteiger partial charge in [0.1, 0.15) is 0 Å². The minimum Gasteiger partial charge on any atom is -0.305 e. The van der Waals surface area contributed by atoms with Crippen molar-refractivity contribution >= 4 is 22.1 Å². The molecule has 2 nitrogen and oxygen atoms in total. The Morgan fingerprint density at radius 2 is 2.38 bits per heavy atom. The van der Waals surface area contributed by atoms with Crippen molar-refractivity contribution < 1.29 is 0 Å². The first-order valence-electron chi connectivity index (χ1n) is 5.41. The molecule has 0 radical (unpaired) electrons. The monoisotopic (exact) mass is 278 g/mol. The second-order valence-corrected chi connectivity index (χ2v) is 5.07. The molecule has 1 aliphatic heterocycles. The molecule has 1 aromatic rings. The van der Waals surface area contributed by atoms with Gasteiger partial charge in [0, 0.05) is 35.9 Å². The number of benzene rings is 1. The van der Waals surface area contributed by atoms with E-state index >= 15 is 0 Å². The zero-order chi connectivity index (χ0) is 11.4. The third-order valence-corrected chi connectivity index (χ3v) is 3.07. The SMILES string of the molecule is Cc1cccc(CNC2C=NC=C(Br)C2)c1. The van der Waals surface area contributed by atoms with Gasteiger partial charge in [-0.05, 0) is 12.5 Å². The van der Waals surface area contributed by atoms with Crippen LogP contribution in [-0.4, -0.2) is 12.3 Å². The number of nitrogens with zero attached hydrogens (tertiary/aromatic N) is 1. The summed E-state index contributed by atoms with van der Waals surface area (Å²) in [5.41, 5.74) is 2.62. The number of hydrogen-bond acceptors (Lipinski definition) is 2. The Bertz CT molecular complexity index is 424. The second-order valence-electron chi connectivity index (χ2n) is 4.05. The molecule has 1 atom stereocenters. The standard InChI is InChI=1S/C13H15BrN2/c1-10-3-2-4-11(5-10)7-16-13-6-12(14)8-15-9-13/h2-5,8-9,13,16H,6-7H2,1H3. The minimum absolute atomic E-state index is 0.333. The first-order valence-corrected chi connectivity index (χ1v) is 6.20. The molecule has 0 saturated carbocycles. The van der Waals surface area contributed by atoms with Gasteiger partial charge in [0.05, 0.1) is 0 Å². The lowest BCUT2D eigenvalue weighted by molar-refractivity contribution is 0.624. The quantitative estimate of drug-likeness (QED) is 0.903. The third kappa shape index (κ3) is 3.29. The summed E-state index contributed by atoms with van der Waals surface area (Å²) in [5, 5.41) is 3.48. The maximum absolute atomic E-state index is 4.17. The summed E-state index contributed by atoms with van der Waals surface area (Å²) in [4.78, 5) is 4.17. The maximum Gasteiger partial charge on any atom is 0.0473 e. The number of hydrogen-bond donors (Lipinski definition) is 1. The molecule has 0 spiro atoms. The lowest BCUT2D eigenvalue weighted by Crippen LogP contribution is -2.31. The Morgan fingerprint density at radius 3 is 3.12 bits per heavy atom. The number of rotatable bonds is 3. The van der Waals surface area contributed by atoms with Gasteiger partial charge in [-0.2, -0.15) is 0 Å². The Hall–Kier alpha value is -0.930. The topological polar surface area (TPSA) is 24.4 Å². The van der Waals surface area contributed by atoms with E-state index < -0.39 is 0 Å². The normalized spacial score (nSPS) is 19.6. The van der Waals surface area contributed by atoms with Gasteiger partial charge >= 0.3 is 0 Å². The van der Waals surface area contributed by atoms with Crippen LogP contribution in [0.3, 0.4) is 0 Å². The van der Waals surface area contributed by atoms with E-state index in [1.807, 2.05) is 12.4 Å². The number of nitrogens with one attached hydrogen (secondary N) is 1. The molecular formula is C13H15BrN2. The molecule has 2 rings (SSSR count). The van der Waals surface area contributed by atoms with Crippen molar-refractivity contribution in [2.75, 3.05) is 0 Å². The van der Waals surface area contributed by atoms with Crippen molar-refractivity contribution in [1.29, 1.82) is 0 Å². The number of halogens is 1. The summed E-state index contributed by atoms with van der Waals surface area (Å²) < 4.78 is 1.15. The number of aryl methyl sites for hydroxylation is 1. The summed E-state index contributed by atoms with van der Waals surface area (Å²) in [6.45, 7) is 3.00. The molecule has 1 aromatic carbocycles. The van der Waals surface area contributed by atoms with E-state index in [4.69, 9.17) is 0 Å². The molecule has 1 N–H and O–H groups in total. The number of aliphatic imine (C=N–C) groups is 1. The van der Waals surface area contributed by atoms with Gasteiger partial charge in [-0.1, -0.05) is 45.8 Å². The van der Waals surface area contributed by atoms with Crippen LogP contribution in [0.5, 0.6) is 0 Å². The average molecular weight is 279 g/mol. The van der Waals surface area contributed by atoms with Crippen molar-refractivity contribution in [3.05, 3.63) is 46.1 Å². The molecule has 0 saturated heterocycles. The summed E-state index contributed by atoms with van der Waals surface area (Å²) in [7, 11) is 0. The van der Waals surface area contributed by atoms with E-state index in [0.717, 1.165) is 17.4 Å². The molecule has 1 unspecified atom stereocenters. The summed E-state index contributed by atoms with van der Waals surface area (Å²) in [5.74, 6) is 0. The zero-order valence-electron chi connectivity index (χ0n) is 9.28. The first-order chi connectivity index (χ1) is 7.74. The van der Waals surface area contributed by atoms with Gasteiger partial charge in [-0.15, -0.1) is 0 Å². The van der Waals surface area contributed by atoms with Crippen LogP contribution in [0.2, 0.25) is 0 Å². The van der Waals surface area contributed by atoms with E-state index in [9.17, 15) is 0 Å². The molecule has 0 bridgehead atoms. The predicted octanol–water partition coefficient (Wildman–Crippen LogP) is 3.16. The van der Waals surface area contributed by atoms with Crippen molar-refractivity contribution in [2.45, 2.75) is 25.9 Å². The highest BCUT2D eigenvalue weighted by atomic mass is 79.9. The summed E-state index contributed by atoms with van der Waals surface area (Å²) in [6, 6.07) is 8.89. The van der Waals surface area contributed by atoms with E-state index in [1.165, 1.54) is 11.1 Å². The van der Waals surface area contributed by atoms with Crippen LogP contribution < -0.4 is 5.32 Å². The molecule has 1 aliphatic rings. The fourth-order valence-corrected chi connectivity index (χ4v) is 2.21. The second kappa shape index (κ2) is 5.41. The van der Waals surface area contributed by atoms with Gasteiger partial charge in [-0.25, -0.2) is 0 Å². The fraction of sp³-hybridized carbons (Fsp3) is 0.308. The van der Waals surface area contributed by atoms with Crippen LogP contribution in [0.1, 0.15) is 17.5 Å². The molecule has 16 heavy (non-hydrogen) atoms. The van der Waals surface area contributed by atoms with E-state index in [0.29, 0.717) is 6.04 Å². The fourth-order valence-electron chi connectivity index (χ4n) is 1.74. The first kappa shape index (κ1) is 11.6. The molecule has 0 fully saturated rings. The molecule has 84 valence electrons. The van der Waals surface area contributed by atoms with Crippen molar-refractivity contribution in [3.63, 3.8) is 0 Å². The molecule has 0 aromatic heterocycles. The van der Waals surface area contributed by atoms with Crippen molar-refractivity contribution in [2.24, 2.45) is 4.99 Å². The predicted molar refractivity (Wildman–Crippen MR) is 71.9 cm³/mol. The van der Waals surface area contributed by atoms with E-state index in [2.05, 4.69) is 57.4 Å². The summed E-state index contributed by atoms with van der Waals surface area (Å²) in [6.07, 6.45) is 4.79. The van der Waals surface area contributed by atoms with Gasteiger partial charge < -0.3 is 5.32 Å². The van der Waals surface area contributed by atoms with Crippen molar-refractivity contribution in [1.82, 2.24) is 5.32 Å². The minimum atomic E-state index is 0.333. The van der Waals surface area contributed by atoms with Crippen LogP contribution in [0.25, 0.3) is 0 Å². The summed E-state index contributed by atoms with van der Waals surface area (Å²) >= 11 is 3.47. The highest BCUT2D eigenvalue weighted by Crippen LogP contribution is 2.16. The average Bonchev–Trinajstić information content (AvgIpc) is 2.27.